The van der Waals surface area contributed by atoms with Gasteiger partial charge in [-0.05, 0) is 15.9 Å². The van der Waals surface area contributed by atoms with E-state index >= 15 is 0 Å². The van der Waals surface area contributed by atoms with Gasteiger partial charge in [-0.15, -0.1) is 12.4 Å². The van der Waals surface area contributed by atoms with Crippen molar-refractivity contribution in [2.24, 2.45) is 0 Å². The summed E-state index contributed by atoms with van der Waals surface area (Å²) < 4.78 is 0.664. The molecule has 1 aromatic heterocycles. The third-order valence-electron chi connectivity index (χ3n) is 0.812. The summed E-state index contributed by atoms with van der Waals surface area (Å²) in [6.45, 7) is 0. The number of hydrogen-bond donors (Lipinski definition) is 1. The second-order valence-corrected chi connectivity index (χ2v) is 2.45. The number of carboxylic acids is 1. The van der Waals surface area contributed by atoms with Crippen LogP contribution in [0.1, 0.15) is 10.6 Å². The molecule has 0 amide bonds. The molecule has 0 aliphatic rings. The summed E-state index contributed by atoms with van der Waals surface area (Å²) in [6, 6.07) is 0. The highest BCUT2D eigenvalue weighted by Gasteiger charge is 2.03. The lowest BCUT2D eigenvalue weighted by Gasteiger charge is -1.89. The summed E-state index contributed by atoms with van der Waals surface area (Å²) in [4.78, 5) is 17.2. The fourth-order valence-electron chi connectivity index (χ4n) is 0.423. The summed E-state index contributed by atoms with van der Waals surface area (Å²) in [5, 5.41) is 8.34. The highest BCUT2D eigenvalue weighted by Crippen LogP contribution is 2.03. The Morgan fingerprint density at radius 3 is 2.27 bits per heavy atom. The Balaban J connectivity index is 0.000001000. The van der Waals surface area contributed by atoms with Crippen LogP contribution in [0.5, 0.6) is 0 Å². The first-order valence-corrected chi connectivity index (χ1v) is 3.20. The van der Waals surface area contributed by atoms with Crippen LogP contribution in [-0.2, 0) is 0 Å². The molecule has 0 radical (unpaired) electrons. The molecule has 11 heavy (non-hydrogen) atoms. The van der Waals surface area contributed by atoms with Gasteiger partial charge in [-0.2, -0.15) is 0 Å². The third-order valence-corrected chi connectivity index (χ3v) is 1.22. The van der Waals surface area contributed by atoms with Gasteiger partial charge in [0.15, 0.2) is 0 Å². The Kier molecular flexibility index (Phi) is 3.99. The second-order valence-electron chi connectivity index (χ2n) is 1.53. The third kappa shape index (κ3) is 2.81. The van der Waals surface area contributed by atoms with Crippen LogP contribution in [0.15, 0.2) is 16.9 Å². The molecule has 1 rings (SSSR count). The van der Waals surface area contributed by atoms with Crippen molar-refractivity contribution in [2.75, 3.05) is 0 Å². The Morgan fingerprint density at radius 1 is 1.45 bits per heavy atom. The molecule has 0 aromatic carbocycles. The SMILES string of the molecule is Cl.O=C(O)c1ncc(Br)cn1. The Labute approximate surface area is 77.2 Å². The highest BCUT2D eigenvalue weighted by molar-refractivity contribution is 9.10. The van der Waals surface area contributed by atoms with Gasteiger partial charge < -0.3 is 5.11 Å². The molecule has 60 valence electrons. The topological polar surface area (TPSA) is 63.1 Å². The molecule has 0 saturated heterocycles. The molecule has 0 saturated carbocycles. The molecule has 0 atom stereocenters. The molecule has 6 heteroatoms. The Bertz CT molecular complexity index is 251. The van der Waals surface area contributed by atoms with E-state index in [1.54, 1.807) is 0 Å². The molecular formula is C5H4BrClN2O2. The molecular weight excluding hydrogens is 235 g/mol. The van der Waals surface area contributed by atoms with E-state index in [4.69, 9.17) is 5.11 Å². The van der Waals surface area contributed by atoms with Crippen molar-refractivity contribution in [2.45, 2.75) is 0 Å². The summed E-state index contributed by atoms with van der Waals surface area (Å²) in [7, 11) is 0. The minimum Gasteiger partial charge on any atom is -0.475 e. The number of halogens is 2. The van der Waals surface area contributed by atoms with E-state index in [9.17, 15) is 4.79 Å². The maximum Gasteiger partial charge on any atom is 0.373 e. The molecule has 0 aliphatic heterocycles. The predicted octanol–water partition coefficient (Wildman–Crippen LogP) is 1.36. The Morgan fingerprint density at radius 2 is 1.91 bits per heavy atom. The quantitative estimate of drug-likeness (QED) is 0.804. The van der Waals surface area contributed by atoms with E-state index in [1.165, 1.54) is 12.4 Å². The first-order valence-electron chi connectivity index (χ1n) is 2.41. The predicted molar refractivity (Wildman–Crippen MR) is 43.9 cm³/mol. The fraction of sp³-hybridized carbons (Fsp3) is 0. The molecule has 0 fully saturated rings. The normalized spacial score (nSPS) is 8.45. The molecule has 4 nitrogen and oxygen atoms in total. The van der Waals surface area contributed by atoms with Crippen molar-refractivity contribution >= 4 is 34.3 Å². The average Bonchev–Trinajstić information content (AvgIpc) is 1.88. The van der Waals surface area contributed by atoms with Crippen LogP contribution in [0.4, 0.5) is 0 Å². The van der Waals surface area contributed by atoms with Crippen molar-refractivity contribution in [3.05, 3.63) is 22.7 Å². The van der Waals surface area contributed by atoms with Crippen LogP contribution in [0.25, 0.3) is 0 Å². The maximum absolute atomic E-state index is 10.2. The van der Waals surface area contributed by atoms with Gasteiger partial charge in [0.05, 0.1) is 4.47 Å². The summed E-state index contributed by atoms with van der Waals surface area (Å²) in [5.74, 6) is -1.31. The zero-order chi connectivity index (χ0) is 7.56. The molecule has 0 bridgehead atoms. The highest BCUT2D eigenvalue weighted by atomic mass is 79.9. The average molecular weight is 239 g/mol. The van der Waals surface area contributed by atoms with Crippen LogP contribution in [-0.4, -0.2) is 21.0 Å². The van der Waals surface area contributed by atoms with Crippen LogP contribution in [0, 0.1) is 0 Å². The monoisotopic (exact) mass is 238 g/mol. The summed E-state index contributed by atoms with van der Waals surface area (Å²) >= 11 is 3.08. The number of rotatable bonds is 1. The van der Waals surface area contributed by atoms with E-state index in [2.05, 4.69) is 25.9 Å². The van der Waals surface area contributed by atoms with Gasteiger partial charge in [-0.3, -0.25) is 0 Å². The van der Waals surface area contributed by atoms with Gasteiger partial charge in [-0.25, -0.2) is 14.8 Å². The van der Waals surface area contributed by atoms with Crippen molar-refractivity contribution in [1.82, 2.24) is 9.97 Å². The van der Waals surface area contributed by atoms with Crippen LogP contribution in [0.3, 0.4) is 0 Å². The van der Waals surface area contributed by atoms with Gasteiger partial charge in [-0.1, -0.05) is 0 Å². The van der Waals surface area contributed by atoms with Gasteiger partial charge in [0.1, 0.15) is 0 Å². The van der Waals surface area contributed by atoms with Crippen molar-refractivity contribution in [1.29, 1.82) is 0 Å². The smallest absolute Gasteiger partial charge is 0.373 e. The van der Waals surface area contributed by atoms with Crippen LogP contribution in [0.2, 0.25) is 0 Å². The molecule has 0 spiro atoms. The van der Waals surface area contributed by atoms with Crippen LogP contribution < -0.4 is 0 Å². The minimum atomic E-state index is -1.12. The van der Waals surface area contributed by atoms with E-state index in [-0.39, 0.29) is 18.2 Å². The van der Waals surface area contributed by atoms with E-state index in [0.29, 0.717) is 4.47 Å². The van der Waals surface area contributed by atoms with Crippen molar-refractivity contribution in [3.8, 4) is 0 Å². The van der Waals surface area contributed by atoms with Gasteiger partial charge >= 0.3 is 5.97 Å². The minimum absolute atomic E-state index is 0. The van der Waals surface area contributed by atoms with Crippen molar-refractivity contribution < 1.29 is 9.90 Å². The van der Waals surface area contributed by atoms with Crippen LogP contribution >= 0.6 is 28.3 Å². The number of aromatic nitrogens is 2. The lowest BCUT2D eigenvalue weighted by molar-refractivity contribution is 0.0683. The zero-order valence-electron chi connectivity index (χ0n) is 5.19. The number of aromatic carboxylic acids is 1. The van der Waals surface area contributed by atoms with E-state index < -0.39 is 5.97 Å². The first-order chi connectivity index (χ1) is 4.70. The first kappa shape index (κ1) is 10.3. The molecule has 0 aliphatic carbocycles. The van der Waals surface area contributed by atoms with E-state index in [1.807, 2.05) is 0 Å². The standard InChI is InChI=1S/C5H3BrN2O2.ClH/c6-3-1-7-4(5(9)10)8-2-3;/h1-2H,(H,9,10);1H. The zero-order valence-corrected chi connectivity index (χ0v) is 7.59. The number of hydrogen-bond acceptors (Lipinski definition) is 3. The van der Waals surface area contributed by atoms with Crippen molar-refractivity contribution in [3.63, 3.8) is 0 Å². The number of carbonyl (C=O) groups is 1. The Hall–Kier alpha value is -0.680. The second kappa shape index (κ2) is 4.25. The maximum atomic E-state index is 10.2. The molecule has 1 N–H and O–H groups in total. The number of nitrogens with zero attached hydrogens (tertiary/aromatic N) is 2. The lowest BCUT2D eigenvalue weighted by Crippen LogP contribution is -2.02. The molecule has 1 aromatic rings. The molecule has 1 heterocycles. The largest absolute Gasteiger partial charge is 0.475 e. The summed E-state index contributed by atoms with van der Waals surface area (Å²) in [5.41, 5.74) is 0. The fourth-order valence-corrected chi connectivity index (χ4v) is 0.627. The van der Waals surface area contributed by atoms with Gasteiger partial charge in [0, 0.05) is 12.4 Å². The van der Waals surface area contributed by atoms with Gasteiger partial charge in [0.2, 0.25) is 5.82 Å². The summed E-state index contributed by atoms with van der Waals surface area (Å²) in [6.07, 6.45) is 2.77. The molecule has 0 unspecified atom stereocenters. The van der Waals surface area contributed by atoms with E-state index in [0.717, 1.165) is 0 Å². The number of carboxylic acid groups (broad SMARTS) is 1. The lowest BCUT2D eigenvalue weighted by atomic mass is 10.6. The van der Waals surface area contributed by atoms with Gasteiger partial charge in [0.25, 0.3) is 0 Å².